The molecule has 0 spiro atoms. The van der Waals surface area contributed by atoms with Crippen LogP contribution in [-0.4, -0.2) is 37.7 Å². The van der Waals surface area contributed by atoms with Gasteiger partial charge in [0.15, 0.2) is 0 Å². The van der Waals surface area contributed by atoms with Gasteiger partial charge >= 0.3 is 6.03 Å². The summed E-state index contributed by atoms with van der Waals surface area (Å²) in [5, 5.41) is 3.09. The summed E-state index contributed by atoms with van der Waals surface area (Å²) >= 11 is 1.75. The van der Waals surface area contributed by atoms with Gasteiger partial charge in [-0.2, -0.15) is 0 Å². The van der Waals surface area contributed by atoms with Crippen molar-refractivity contribution in [1.29, 1.82) is 0 Å². The number of aryl methyl sites for hydroxylation is 1. The fraction of sp³-hybridized carbons (Fsp3) is 0.381. The summed E-state index contributed by atoms with van der Waals surface area (Å²) in [7, 11) is 1.71. The molecule has 2 aromatic carbocycles. The lowest BCUT2D eigenvalue weighted by Crippen LogP contribution is -2.33. The van der Waals surface area contributed by atoms with Crippen LogP contribution in [0, 0.1) is 12.8 Å². The Morgan fingerprint density at radius 3 is 2.77 bits per heavy atom. The van der Waals surface area contributed by atoms with Gasteiger partial charge < -0.3 is 15.0 Å². The smallest absolute Gasteiger partial charge is 0.321 e. The average molecular weight is 371 g/mol. The number of nitrogens with zero attached hydrogens (tertiary/aromatic N) is 1. The summed E-state index contributed by atoms with van der Waals surface area (Å²) in [6, 6.07) is 16.6. The quantitative estimate of drug-likeness (QED) is 0.744. The van der Waals surface area contributed by atoms with E-state index >= 15 is 0 Å². The maximum absolute atomic E-state index is 12.6. The predicted molar refractivity (Wildman–Crippen MR) is 108 cm³/mol. The Labute approximate surface area is 159 Å². The van der Waals surface area contributed by atoms with E-state index < -0.39 is 0 Å². The Bertz CT molecular complexity index is 733. The van der Waals surface area contributed by atoms with Crippen molar-refractivity contribution < 1.29 is 9.53 Å². The van der Waals surface area contributed by atoms with Gasteiger partial charge in [0, 0.05) is 36.8 Å². The van der Waals surface area contributed by atoms with Crippen LogP contribution in [0.5, 0.6) is 0 Å². The summed E-state index contributed by atoms with van der Waals surface area (Å²) in [6.07, 6.45) is 1.01. The second kappa shape index (κ2) is 9.10. The van der Waals surface area contributed by atoms with Crippen LogP contribution in [0.3, 0.4) is 0 Å². The van der Waals surface area contributed by atoms with Crippen molar-refractivity contribution in [3.63, 3.8) is 0 Å². The van der Waals surface area contributed by atoms with E-state index in [-0.39, 0.29) is 6.03 Å². The number of urea groups is 1. The molecule has 1 saturated heterocycles. The zero-order valence-electron chi connectivity index (χ0n) is 15.4. The van der Waals surface area contributed by atoms with E-state index in [0.29, 0.717) is 12.5 Å². The van der Waals surface area contributed by atoms with Crippen molar-refractivity contribution in [3.05, 3.63) is 59.7 Å². The molecular formula is C21H26N2O2S. The number of amides is 2. The van der Waals surface area contributed by atoms with Crippen molar-refractivity contribution in [3.8, 4) is 0 Å². The molecule has 1 aliphatic rings. The van der Waals surface area contributed by atoms with Crippen LogP contribution < -0.4 is 5.32 Å². The third kappa shape index (κ3) is 5.02. The first-order valence-corrected chi connectivity index (χ1v) is 9.96. The fourth-order valence-corrected chi connectivity index (χ4v) is 4.09. The van der Waals surface area contributed by atoms with Gasteiger partial charge in [0.05, 0.1) is 12.3 Å². The summed E-state index contributed by atoms with van der Waals surface area (Å²) in [5.41, 5.74) is 3.43. The molecule has 1 atom stereocenters. The second-order valence-corrected chi connectivity index (χ2v) is 7.77. The molecule has 5 heteroatoms. The van der Waals surface area contributed by atoms with Gasteiger partial charge in [-0.05, 0) is 31.0 Å². The molecule has 0 unspecified atom stereocenters. The number of likely N-dealkylation sites (tertiary alicyclic amines) is 1. The summed E-state index contributed by atoms with van der Waals surface area (Å²) in [6.45, 7) is 4.36. The molecule has 1 fully saturated rings. The van der Waals surface area contributed by atoms with Crippen molar-refractivity contribution in [2.24, 2.45) is 5.92 Å². The van der Waals surface area contributed by atoms with Crippen LogP contribution in [0.1, 0.15) is 17.5 Å². The van der Waals surface area contributed by atoms with E-state index in [1.165, 1.54) is 11.1 Å². The van der Waals surface area contributed by atoms with Crippen LogP contribution in [0.25, 0.3) is 0 Å². The van der Waals surface area contributed by atoms with E-state index in [4.69, 9.17) is 4.74 Å². The maximum Gasteiger partial charge on any atom is 0.321 e. The standard InChI is InChI=1S/C21H26N2O2S/c1-16-7-9-17(10-8-16)15-26-20-6-4-3-5-19(20)22-21(24)23-12-11-18(13-23)14-25-2/h3-10,18H,11-15H2,1-2H3,(H,22,24)/t18-/m0/s1. The van der Waals surface area contributed by atoms with E-state index in [0.717, 1.165) is 35.8 Å². The molecule has 0 aliphatic carbocycles. The Balaban J connectivity index is 1.60. The minimum Gasteiger partial charge on any atom is -0.384 e. The van der Waals surface area contributed by atoms with Gasteiger partial charge in [0.2, 0.25) is 0 Å². The highest BCUT2D eigenvalue weighted by atomic mass is 32.2. The van der Waals surface area contributed by atoms with Crippen molar-refractivity contribution in [2.75, 3.05) is 32.1 Å². The number of hydrogen-bond donors (Lipinski definition) is 1. The van der Waals surface area contributed by atoms with Crippen molar-refractivity contribution in [1.82, 2.24) is 4.90 Å². The second-order valence-electron chi connectivity index (χ2n) is 6.76. The number of carbonyl (C=O) groups excluding carboxylic acids is 1. The maximum atomic E-state index is 12.6. The molecule has 2 amide bonds. The molecular weight excluding hydrogens is 344 g/mol. The Morgan fingerprint density at radius 1 is 1.23 bits per heavy atom. The minimum atomic E-state index is -0.0213. The lowest BCUT2D eigenvalue weighted by atomic mass is 10.1. The Morgan fingerprint density at radius 2 is 2.00 bits per heavy atom. The van der Waals surface area contributed by atoms with E-state index in [9.17, 15) is 4.79 Å². The number of nitrogens with one attached hydrogen (secondary N) is 1. The van der Waals surface area contributed by atoms with Gasteiger partial charge in [-0.15, -0.1) is 11.8 Å². The fourth-order valence-electron chi connectivity index (χ4n) is 3.12. The normalized spacial score (nSPS) is 16.7. The molecule has 1 N–H and O–H groups in total. The highest BCUT2D eigenvalue weighted by molar-refractivity contribution is 7.98. The van der Waals surface area contributed by atoms with Gasteiger partial charge in [-0.1, -0.05) is 42.0 Å². The van der Waals surface area contributed by atoms with Crippen LogP contribution in [0.15, 0.2) is 53.4 Å². The first-order chi connectivity index (χ1) is 12.7. The molecule has 138 valence electrons. The van der Waals surface area contributed by atoms with Crippen molar-refractivity contribution in [2.45, 2.75) is 24.0 Å². The van der Waals surface area contributed by atoms with Crippen molar-refractivity contribution >= 4 is 23.5 Å². The average Bonchev–Trinajstić information content (AvgIpc) is 3.11. The molecule has 2 aromatic rings. The van der Waals surface area contributed by atoms with E-state index in [1.54, 1.807) is 18.9 Å². The molecule has 0 aromatic heterocycles. The zero-order valence-corrected chi connectivity index (χ0v) is 16.2. The number of hydrogen-bond acceptors (Lipinski definition) is 3. The third-order valence-electron chi connectivity index (χ3n) is 4.62. The molecule has 3 rings (SSSR count). The number of para-hydroxylation sites is 1. The topological polar surface area (TPSA) is 41.6 Å². The monoisotopic (exact) mass is 370 g/mol. The summed E-state index contributed by atoms with van der Waals surface area (Å²) < 4.78 is 5.21. The number of rotatable bonds is 6. The first kappa shape index (κ1) is 18.8. The predicted octanol–water partition coefficient (Wildman–Crippen LogP) is 4.79. The number of thioether (sulfide) groups is 1. The molecule has 0 radical (unpaired) electrons. The number of methoxy groups -OCH3 is 1. The molecule has 26 heavy (non-hydrogen) atoms. The summed E-state index contributed by atoms with van der Waals surface area (Å²) in [5.74, 6) is 1.32. The zero-order chi connectivity index (χ0) is 18.4. The highest BCUT2D eigenvalue weighted by Gasteiger charge is 2.26. The van der Waals surface area contributed by atoms with Gasteiger partial charge in [0.25, 0.3) is 0 Å². The first-order valence-electron chi connectivity index (χ1n) is 8.98. The highest BCUT2D eigenvalue weighted by Crippen LogP contribution is 2.30. The van der Waals surface area contributed by atoms with Gasteiger partial charge in [0.1, 0.15) is 0 Å². The Kier molecular flexibility index (Phi) is 6.58. The largest absolute Gasteiger partial charge is 0.384 e. The molecule has 0 saturated carbocycles. The van der Waals surface area contributed by atoms with Crippen LogP contribution >= 0.6 is 11.8 Å². The SMILES string of the molecule is COC[C@H]1CCN(C(=O)Nc2ccccc2SCc2ccc(C)cc2)C1. The van der Waals surface area contributed by atoms with Crippen LogP contribution in [0.4, 0.5) is 10.5 Å². The lowest BCUT2D eigenvalue weighted by Gasteiger charge is -2.18. The molecule has 1 aliphatic heterocycles. The van der Waals surface area contributed by atoms with Gasteiger partial charge in [-0.25, -0.2) is 4.79 Å². The van der Waals surface area contributed by atoms with E-state index in [1.807, 2.05) is 23.1 Å². The molecule has 1 heterocycles. The molecule has 0 bridgehead atoms. The number of carbonyl (C=O) groups is 1. The van der Waals surface area contributed by atoms with Crippen LogP contribution in [0.2, 0.25) is 0 Å². The number of anilines is 1. The molecule has 4 nitrogen and oxygen atoms in total. The lowest BCUT2D eigenvalue weighted by molar-refractivity contribution is 0.154. The minimum absolute atomic E-state index is 0.0213. The number of ether oxygens (including phenoxy) is 1. The van der Waals surface area contributed by atoms with Crippen LogP contribution in [-0.2, 0) is 10.5 Å². The Hall–Kier alpha value is -1.98. The summed E-state index contributed by atoms with van der Waals surface area (Å²) in [4.78, 5) is 15.6. The van der Waals surface area contributed by atoms with Gasteiger partial charge in [-0.3, -0.25) is 0 Å². The third-order valence-corrected chi connectivity index (χ3v) is 5.76. The van der Waals surface area contributed by atoms with E-state index in [2.05, 4.69) is 42.6 Å². The number of benzene rings is 2.